The van der Waals surface area contributed by atoms with Crippen molar-refractivity contribution in [2.45, 2.75) is 45.4 Å². The standard InChI is InChI=1S/C20H28N4O2/c1-3-4-12-22(2)20(26)18-21-17(16-11-7-10-15-24(16)18)19(25)23-13-8-5-6-9-14-23/h7,10-11,15H,3-6,8-9,12-14H2,1-2H3. The topological polar surface area (TPSA) is 57.9 Å². The van der Waals surface area contributed by atoms with Crippen molar-refractivity contribution in [1.29, 1.82) is 0 Å². The van der Waals surface area contributed by atoms with Gasteiger partial charge in [-0.25, -0.2) is 4.98 Å². The molecule has 26 heavy (non-hydrogen) atoms. The predicted octanol–water partition coefficient (Wildman–Crippen LogP) is 3.22. The van der Waals surface area contributed by atoms with Crippen LogP contribution < -0.4 is 0 Å². The zero-order chi connectivity index (χ0) is 18.5. The fourth-order valence-electron chi connectivity index (χ4n) is 3.44. The minimum atomic E-state index is -0.144. The van der Waals surface area contributed by atoms with Crippen LogP contribution in [0.4, 0.5) is 0 Å². The molecule has 0 bridgehead atoms. The molecule has 2 aromatic rings. The number of carbonyl (C=O) groups excluding carboxylic acids is 2. The van der Waals surface area contributed by atoms with Crippen LogP contribution in [0.15, 0.2) is 24.4 Å². The SMILES string of the molecule is CCCCN(C)C(=O)c1nc(C(=O)N2CCCCCC2)c2ccccn12. The average Bonchev–Trinajstić information content (AvgIpc) is 2.84. The normalized spacial score (nSPS) is 15.1. The van der Waals surface area contributed by atoms with Crippen molar-refractivity contribution in [2.24, 2.45) is 0 Å². The summed E-state index contributed by atoms with van der Waals surface area (Å²) in [5.74, 6) is 0.109. The molecule has 1 saturated heterocycles. The largest absolute Gasteiger partial charge is 0.339 e. The van der Waals surface area contributed by atoms with Crippen molar-refractivity contribution in [1.82, 2.24) is 19.2 Å². The van der Waals surface area contributed by atoms with Crippen LogP contribution in [0.5, 0.6) is 0 Å². The number of fused-ring (bicyclic) bond motifs is 1. The minimum Gasteiger partial charge on any atom is -0.339 e. The molecule has 1 aliphatic heterocycles. The van der Waals surface area contributed by atoms with E-state index in [1.807, 2.05) is 29.3 Å². The van der Waals surface area contributed by atoms with E-state index in [0.29, 0.717) is 23.6 Å². The second-order valence-corrected chi connectivity index (χ2v) is 7.03. The molecule has 0 radical (unpaired) electrons. The maximum atomic E-state index is 13.1. The van der Waals surface area contributed by atoms with E-state index in [1.165, 1.54) is 12.8 Å². The Morgan fingerprint density at radius 3 is 2.58 bits per heavy atom. The van der Waals surface area contributed by atoms with E-state index in [0.717, 1.165) is 38.8 Å². The first-order valence-corrected chi connectivity index (χ1v) is 9.65. The monoisotopic (exact) mass is 356 g/mol. The van der Waals surface area contributed by atoms with Crippen LogP contribution in [0, 0.1) is 0 Å². The number of likely N-dealkylation sites (tertiary alicyclic amines) is 1. The molecule has 3 rings (SSSR count). The summed E-state index contributed by atoms with van der Waals surface area (Å²) in [6.07, 6.45) is 8.18. The number of rotatable bonds is 5. The molecule has 140 valence electrons. The first kappa shape index (κ1) is 18.4. The van der Waals surface area contributed by atoms with Crippen LogP contribution in [0.1, 0.15) is 66.6 Å². The van der Waals surface area contributed by atoms with Crippen molar-refractivity contribution >= 4 is 17.3 Å². The molecule has 3 heterocycles. The molecule has 0 saturated carbocycles. The summed E-state index contributed by atoms with van der Waals surface area (Å²) in [5.41, 5.74) is 1.09. The van der Waals surface area contributed by atoms with E-state index in [9.17, 15) is 9.59 Å². The highest BCUT2D eigenvalue weighted by atomic mass is 16.2. The second kappa shape index (κ2) is 8.34. The zero-order valence-corrected chi connectivity index (χ0v) is 15.8. The fourth-order valence-corrected chi connectivity index (χ4v) is 3.44. The van der Waals surface area contributed by atoms with E-state index in [4.69, 9.17) is 0 Å². The van der Waals surface area contributed by atoms with Gasteiger partial charge in [-0.1, -0.05) is 32.3 Å². The van der Waals surface area contributed by atoms with Crippen molar-refractivity contribution < 1.29 is 9.59 Å². The van der Waals surface area contributed by atoms with E-state index < -0.39 is 0 Å². The molecule has 0 aliphatic carbocycles. The van der Waals surface area contributed by atoms with Gasteiger partial charge in [0.1, 0.15) is 0 Å². The fraction of sp³-hybridized carbons (Fsp3) is 0.550. The molecule has 2 amide bonds. The number of aromatic nitrogens is 2. The lowest BCUT2D eigenvalue weighted by molar-refractivity contribution is 0.0757. The summed E-state index contributed by atoms with van der Waals surface area (Å²) in [5, 5.41) is 0. The molecule has 0 atom stereocenters. The number of nitrogens with zero attached hydrogens (tertiary/aromatic N) is 4. The molecule has 6 nitrogen and oxygen atoms in total. The van der Waals surface area contributed by atoms with Gasteiger partial charge in [0, 0.05) is 32.9 Å². The van der Waals surface area contributed by atoms with Gasteiger partial charge in [-0.05, 0) is 31.4 Å². The van der Waals surface area contributed by atoms with Gasteiger partial charge in [0.2, 0.25) is 5.82 Å². The summed E-state index contributed by atoms with van der Waals surface area (Å²) in [6, 6.07) is 5.60. The number of imidazole rings is 1. The third kappa shape index (κ3) is 3.74. The lowest BCUT2D eigenvalue weighted by atomic mass is 10.2. The van der Waals surface area contributed by atoms with Crippen molar-refractivity contribution in [2.75, 3.05) is 26.7 Å². The van der Waals surface area contributed by atoms with Crippen LogP contribution in [0.2, 0.25) is 0 Å². The molecule has 1 aliphatic rings. The van der Waals surface area contributed by atoms with Crippen molar-refractivity contribution in [3.8, 4) is 0 Å². The number of unbranched alkanes of at least 4 members (excludes halogenated alkanes) is 1. The Hall–Kier alpha value is -2.37. The Labute approximate surface area is 154 Å². The summed E-state index contributed by atoms with van der Waals surface area (Å²) in [6.45, 7) is 4.32. The van der Waals surface area contributed by atoms with Gasteiger partial charge < -0.3 is 9.80 Å². The number of pyridine rings is 1. The Bertz CT molecular complexity index is 775. The van der Waals surface area contributed by atoms with Crippen LogP contribution in [-0.4, -0.2) is 57.7 Å². The Balaban J connectivity index is 1.94. The minimum absolute atomic E-state index is 0.0640. The molecule has 0 spiro atoms. The number of carbonyl (C=O) groups is 2. The van der Waals surface area contributed by atoms with Gasteiger partial charge in [-0.15, -0.1) is 0 Å². The van der Waals surface area contributed by atoms with Gasteiger partial charge in [0.15, 0.2) is 5.69 Å². The highest BCUT2D eigenvalue weighted by Crippen LogP contribution is 2.19. The Morgan fingerprint density at radius 1 is 1.15 bits per heavy atom. The van der Waals surface area contributed by atoms with Gasteiger partial charge in [0.25, 0.3) is 11.8 Å². The number of hydrogen-bond donors (Lipinski definition) is 0. The highest BCUT2D eigenvalue weighted by molar-refractivity contribution is 6.02. The van der Waals surface area contributed by atoms with E-state index in [2.05, 4.69) is 11.9 Å². The Morgan fingerprint density at radius 2 is 1.88 bits per heavy atom. The molecule has 2 aromatic heterocycles. The quantitative estimate of drug-likeness (QED) is 0.826. The van der Waals surface area contributed by atoms with Gasteiger partial charge >= 0.3 is 0 Å². The van der Waals surface area contributed by atoms with E-state index in [1.54, 1.807) is 16.3 Å². The molecule has 6 heteroatoms. The van der Waals surface area contributed by atoms with Gasteiger partial charge in [-0.2, -0.15) is 0 Å². The molecule has 0 unspecified atom stereocenters. The second-order valence-electron chi connectivity index (χ2n) is 7.03. The van der Waals surface area contributed by atoms with E-state index in [-0.39, 0.29) is 11.8 Å². The third-order valence-electron chi connectivity index (χ3n) is 5.03. The first-order chi connectivity index (χ1) is 12.6. The third-order valence-corrected chi connectivity index (χ3v) is 5.03. The van der Waals surface area contributed by atoms with Crippen LogP contribution >= 0.6 is 0 Å². The van der Waals surface area contributed by atoms with E-state index >= 15 is 0 Å². The summed E-state index contributed by atoms with van der Waals surface area (Å²) in [4.78, 5) is 34.0. The molecule has 1 fully saturated rings. The maximum absolute atomic E-state index is 13.1. The van der Waals surface area contributed by atoms with Crippen LogP contribution in [-0.2, 0) is 0 Å². The lowest BCUT2D eigenvalue weighted by Gasteiger charge is -2.19. The lowest BCUT2D eigenvalue weighted by Crippen LogP contribution is -2.32. The molecular formula is C20H28N4O2. The van der Waals surface area contributed by atoms with Gasteiger partial charge in [-0.3, -0.25) is 14.0 Å². The smallest absolute Gasteiger partial charge is 0.289 e. The number of hydrogen-bond acceptors (Lipinski definition) is 3. The van der Waals surface area contributed by atoms with Crippen molar-refractivity contribution in [3.63, 3.8) is 0 Å². The zero-order valence-electron chi connectivity index (χ0n) is 15.8. The first-order valence-electron chi connectivity index (χ1n) is 9.65. The van der Waals surface area contributed by atoms with Crippen molar-refractivity contribution in [3.05, 3.63) is 35.9 Å². The predicted molar refractivity (Wildman–Crippen MR) is 101 cm³/mol. The summed E-state index contributed by atoms with van der Waals surface area (Å²) >= 11 is 0. The maximum Gasteiger partial charge on any atom is 0.289 e. The molecule has 0 N–H and O–H groups in total. The van der Waals surface area contributed by atoms with Gasteiger partial charge in [0.05, 0.1) is 5.52 Å². The molecular weight excluding hydrogens is 328 g/mol. The van der Waals surface area contributed by atoms with Crippen LogP contribution in [0.3, 0.4) is 0 Å². The van der Waals surface area contributed by atoms with Crippen LogP contribution in [0.25, 0.3) is 5.52 Å². The Kier molecular flexibility index (Phi) is 5.91. The molecule has 0 aromatic carbocycles. The average molecular weight is 356 g/mol. The highest BCUT2D eigenvalue weighted by Gasteiger charge is 2.26. The number of amides is 2. The summed E-state index contributed by atoms with van der Waals surface area (Å²) in [7, 11) is 1.79. The summed E-state index contributed by atoms with van der Waals surface area (Å²) < 4.78 is 1.75.